The van der Waals surface area contributed by atoms with Crippen LogP contribution in [0.2, 0.25) is 0 Å². The standard InChI is InChI=1S/C24H28N4O5S/c1-3-14-25-23(30)19-5-4-15-28(16-19)24(31)18-6-8-21(9-7-18)27-34(32,33)22-12-10-20(11-13-22)26-17(2)29/h3,6-13,19,27H,1,4-5,14-16H2,2H3,(H,25,30)(H,26,29)/t19-/m1/s1. The van der Waals surface area contributed by atoms with Crippen LogP contribution in [0.3, 0.4) is 0 Å². The average molecular weight is 485 g/mol. The number of piperidine rings is 1. The molecule has 3 rings (SSSR count). The second-order valence-electron chi connectivity index (χ2n) is 8.01. The fraction of sp³-hybridized carbons (Fsp3) is 0.292. The van der Waals surface area contributed by atoms with E-state index in [4.69, 9.17) is 0 Å². The number of hydrogen-bond donors (Lipinski definition) is 3. The van der Waals surface area contributed by atoms with E-state index in [1.807, 2.05) is 0 Å². The minimum atomic E-state index is -3.85. The summed E-state index contributed by atoms with van der Waals surface area (Å²) in [5.74, 6) is -0.809. The van der Waals surface area contributed by atoms with Crippen molar-refractivity contribution in [3.05, 3.63) is 66.7 Å². The number of anilines is 2. The molecule has 1 fully saturated rings. The largest absolute Gasteiger partial charge is 0.352 e. The van der Waals surface area contributed by atoms with Gasteiger partial charge in [0.05, 0.1) is 10.8 Å². The Bertz CT molecular complexity index is 1160. The van der Waals surface area contributed by atoms with Gasteiger partial charge in [-0.15, -0.1) is 6.58 Å². The first kappa shape index (κ1) is 25.0. The molecule has 0 bridgehead atoms. The fourth-order valence-electron chi connectivity index (χ4n) is 3.69. The molecule has 1 aliphatic heterocycles. The second kappa shape index (κ2) is 11.0. The number of nitrogens with one attached hydrogen (secondary N) is 3. The summed E-state index contributed by atoms with van der Waals surface area (Å²) in [6.45, 7) is 6.24. The van der Waals surface area contributed by atoms with Crippen molar-refractivity contribution in [3.63, 3.8) is 0 Å². The van der Waals surface area contributed by atoms with Gasteiger partial charge in [-0.25, -0.2) is 8.42 Å². The van der Waals surface area contributed by atoms with Crippen LogP contribution in [0, 0.1) is 5.92 Å². The highest BCUT2D eigenvalue weighted by Crippen LogP contribution is 2.22. The Kier molecular flexibility index (Phi) is 8.06. The molecule has 180 valence electrons. The van der Waals surface area contributed by atoms with E-state index >= 15 is 0 Å². The first-order chi connectivity index (χ1) is 16.2. The van der Waals surface area contributed by atoms with Gasteiger partial charge in [0.25, 0.3) is 15.9 Å². The van der Waals surface area contributed by atoms with E-state index in [1.54, 1.807) is 23.1 Å². The van der Waals surface area contributed by atoms with Crippen molar-refractivity contribution in [2.75, 3.05) is 29.7 Å². The summed E-state index contributed by atoms with van der Waals surface area (Å²) in [5, 5.41) is 5.36. The lowest BCUT2D eigenvalue weighted by molar-refractivity contribution is -0.126. The van der Waals surface area contributed by atoms with Crippen LogP contribution < -0.4 is 15.4 Å². The van der Waals surface area contributed by atoms with E-state index in [0.29, 0.717) is 36.6 Å². The van der Waals surface area contributed by atoms with Crippen LogP contribution in [-0.2, 0) is 19.6 Å². The summed E-state index contributed by atoms with van der Waals surface area (Å²) < 4.78 is 27.8. The fourth-order valence-corrected chi connectivity index (χ4v) is 4.75. The van der Waals surface area contributed by atoms with Crippen molar-refractivity contribution in [2.24, 2.45) is 5.92 Å². The molecule has 0 aliphatic carbocycles. The highest BCUT2D eigenvalue weighted by atomic mass is 32.2. The summed E-state index contributed by atoms with van der Waals surface area (Å²) >= 11 is 0. The van der Waals surface area contributed by atoms with Gasteiger partial charge in [-0.05, 0) is 61.4 Å². The minimum Gasteiger partial charge on any atom is -0.352 e. The van der Waals surface area contributed by atoms with Crippen LogP contribution in [-0.4, -0.2) is 50.7 Å². The summed E-state index contributed by atoms with van der Waals surface area (Å²) in [4.78, 5) is 38.0. The van der Waals surface area contributed by atoms with Gasteiger partial charge < -0.3 is 15.5 Å². The summed E-state index contributed by atoms with van der Waals surface area (Å²) in [5.41, 5.74) is 1.21. The minimum absolute atomic E-state index is 0.0378. The molecule has 0 aromatic heterocycles. The highest BCUT2D eigenvalue weighted by Gasteiger charge is 2.28. The van der Waals surface area contributed by atoms with E-state index in [2.05, 4.69) is 21.9 Å². The van der Waals surface area contributed by atoms with Gasteiger partial charge >= 0.3 is 0 Å². The molecule has 1 saturated heterocycles. The van der Waals surface area contributed by atoms with Crippen molar-refractivity contribution in [1.29, 1.82) is 0 Å². The molecule has 0 radical (unpaired) electrons. The lowest BCUT2D eigenvalue weighted by Gasteiger charge is -2.32. The van der Waals surface area contributed by atoms with E-state index in [9.17, 15) is 22.8 Å². The zero-order valence-electron chi connectivity index (χ0n) is 18.9. The van der Waals surface area contributed by atoms with Crippen molar-refractivity contribution < 1.29 is 22.8 Å². The molecule has 34 heavy (non-hydrogen) atoms. The molecule has 3 N–H and O–H groups in total. The Morgan fingerprint density at radius 2 is 1.71 bits per heavy atom. The molecule has 3 amide bonds. The van der Waals surface area contributed by atoms with Crippen LogP contribution in [0.4, 0.5) is 11.4 Å². The molecular formula is C24H28N4O5S. The number of rotatable bonds is 8. The van der Waals surface area contributed by atoms with Crippen molar-refractivity contribution in [1.82, 2.24) is 10.2 Å². The first-order valence-electron chi connectivity index (χ1n) is 10.9. The smallest absolute Gasteiger partial charge is 0.261 e. The number of benzene rings is 2. The maximum absolute atomic E-state index is 12.9. The molecule has 0 spiro atoms. The number of hydrogen-bond acceptors (Lipinski definition) is 5. The van der Waals surface area contributed by atoms with E-state index < -0.39 is 10.0 Å². The Balaban J connectivity index is 1.64. The van der Waals surface area contributed by atoms with Gasteiger partial charge in [0.1, 0.15) is 0 Å². The summed E-state index contributed by atoms with van der Waals surface area (Å²) in [6, 6.07) is 11.9. The monoisotopic (exact) mass is 484 g/mol. The number of nitrogens with zero attached hydrogens (tertiary/aromatic N) is 1. The number of likely N-dealkylation sites (tertiary alicyclic amines) is 1. The molecule has 1 atom stereocenters. The van der Waals surface area contributed by atoms with E-state index in [-0.39, 0.29) is 28.5 Å². The Morgan fingerprint density at radius 1 is 1.06 bits per heavy atom. The van der Waals surface area contributed by atoms with E-state index in [1.165, 1.54) is 43.3 Å². The molecule has 2 aromatic rings. The maximum atomic E-state index is 12.9. The average Bonchev–Trinajstić information content (AvgIpc) is 2.82. The van der Waals surface area contributed by atoms with Crippen LogP contribution >= 0.6 is 0 Å². The zero-order chi connectivity index (χ0) is 24.7. The molecule has 10 heteroatoms. The molecule has 9 nitrogen and oxygen atoms in total. The van der Waals surface area contributed by atoms with Crippen LogP contribution in [0.25, 0.3) is 0 Å². The molecular weight excluding hydrogens is 456 g/mol. The van der Waals surface area contributed by atoms with Crippen molar-refractivity contribution in [3.8, 4) is 0 Å². The zero-order valence-corrected chi connectivity index (χ0v) is 19.7. The van der Waals surface area contributed by atoms with Gasteiger partial charge in [-0.3, -0.25) is 19.1 Å². The lowest BCUT2D eigenvalue weighted by atomic mass is 9.96. The second-order valence-corrected chi connectivity index (χ2v) is 9.69. The van der Waals surface area contributed by atoms with Crippen LogP contribution in [0.1, 0.15) is 30.1 Å². The highest BCUT2D eigenvalue weighted by molar-refractivity contribution is 7.92. The van der Waals surface area contributed by atoms with Crippen molar-refractivity contribution >= 4 is 39.1 Å². The summed E-state index contributed by atoms with van der Waals surface area (Å²) in [6.07, 6.45) is 3.07. The number of carbonyl (C=O) groups excluding carboxylic acids is 3. The predicted octanol–water partition coefficient (Wildman–Crippen LogP) is 2.60. The maximum Gasteiger partial charge on any atom is 0.261 e. The summed E-state index contributed by atoms with van der Waals surface area (Å²) in [7, 11) is -3.85. The van der Waals surface area contributed by atoms with Gasteiger partial charge in [0.2, 0.25) is 11.8 Å². The van der Waals surface area contributed by atoms with E-state index in [0.717, 1.165) is 12.8 Å². The molecule has 2 aromatic carbocycles. The Labute approximate surface area is 199 Å². The third kappa shape index (κ3) is 6.44. The quantitative estimate of drug-likeness (QED) is 0.497. The van der Waals surface area contributed by atoms with Gasteiger partial charge in [0.15, 0.2) is 0 Å². The number of amides is 3. The van der Waals surface area contributed by atoms with Crippen LogP contribution in [0.15, 0.2) is 66.1 Å². The topological polar surface area (TPSA) is 125 Å². The Hall–Kier alpha value is -3.66. The Morgan fingerprint density at radius 3 is 2.32 bits per heavy atom. The predicted molar refractivity (Wildman–Crippen MR) is 130 cm³/mol. The molecule has 1 aliphatic rings. The van der Waals surface area contributed by atoms with Crippen molar-refractivity contribution in [2.45, 2.75) is 24.7 Å². The number of sulfonamides is 1. The van der Waals surface area contributed by atoms with Crippen LogP contribution in [0.5, 0.6) is 0 Å². The normalized spacial score (nSPS) is 15.8. The van der Waals surface area contributed by atoms with Gasteiger partial charge in [-0.1, -0.05) is 6.08 Å². The first-order valence-corrected chi connectivity index (χ1v) is 12.4. The number of carbonyl (C=O) groups is 3. The SMILES string of the molecule is C=CCNC(=O)[C@@H]1CCCN(C(=O)c2ccc(NS(=O)(=O)c3ccc(NC(C)=O)cc3)cc2)C1. The molecule has 0 unspecified atom stereocenters. The molecule has 0 saturated carbocycles. The van der Waals surface area contributed by atoms with Gasteiger partial charge in [0, 0.05) is 43.5 Å². The lowest BCUT2D eigenvalue weighted by Crippen LogP contribution is -2.45. The van der Waals surface area contributed by atoms with Gasteiger partial charge in [-0.2, -0.15) is 0 Å². The molecule has 1 heterocycles. The third-order valence-corrected chi connectivity index (χ3v) is 6.77. The third-order valence-electron chi connectivity index (χ3n) is 5.37.